The van der Waals surface area contributed by atoms with E-state index in [1.807, 2.05) is 41.7 Å². The number of rotatable bonds is 4. The standard InChI is InChI=1S/C35H24N2OS/c1-3-9-24(10-4-1)35-36-34-30-21-26(17-15-23(30)16-20-31(34)38-35)37(25-11-5-2-6-12-25)27-18-19-29-28-13-7-8-14-32(28)39-33(29)22-27/h1-15,17-23H,16H2. The number of benzene rings is 4. The topological polar surface area (TPSA) is 29.3 Å². The molecular formula is C35H24N2OS. The van der Waals surface area contributed by atoms with E-state index in [0.29, 0.717) is 5.89 Å². The van der Waals surface area contributed by atoms with Gasteiger partial charge in [-0.1, -0.05) is 66.7 Å². The monoisotopic (exact) mass is 520 g/mol. The average molecular weight is 521 g/mol. The van der Waals surface area contributed by atoms with E-state index in [9.17, 15) is 0 Å². The van der Waals surface area contributed by atoms with Gasteiger partial charge in [0.15, 0.2) is 5.42 Å². The lowest BCUT2D eigenvalue weighted by atomic mass is 9.87. The molecule has 0 N–H and O–H groups in total. The molecule has 0 fully saturated rings. The zero-order chi connectivity index (χ0) is 25.8. The fourth-order valence-electron chi connectivity index (χ4n) is 5.71. The Morgan fingerprint density at radius 1 is 0.769 bits per heavy atom. The number of oxazole rings is 1. The highest BCUT2D eigenvalue weighted by Gasteiger charge is 2.24. The number of anilines is 2. The highest BCUT2D eigenvalue weighted by Crippen LogP contribution is 2.40. The Labute approximate surface area is 230 Å². The first-order chi connectivity index (χ1) is 19.3. The molecule has 8 rings (SSSR count). The van der Waals surface area contributed by atoms with Gasteiger partial charge in [0.1, 0.15) is 5.35 Å². The van der Waals surface area contributed by atoms with Crippen LogP contribution >= 0.6 is 11.3 Å². The van der Waals surface area contributed by atoms with Crippen molar-refractivity contribution in [1.29, 1.82) is 0 Å². The molecule has 1 atom stereocenters. The van der Waals surface area contributed by atoms with Gasteiger partial charge in [-0.2, -0.15) is 0 Å². The SMILES string of the molecule is C1=CC2CC=c3oc(-c4ccccc4)nc3=C2C=C1N(c1ccccc1)c1ccc2c(c1)sc1ccccc12. The number of nitrogens with zero attached hydrogens (tertiary/aromatic N) is 2. The third-order valence-electron chi connectivity index (χ3n) is 7.60. The Kier molecular flexibility index (Phi) is 5.13. The highest BCUT2D eigenvalue weighted by molar-refractivity contribution is 7.25. The lowest BCUT2D eigenvalue weighted by molar-refractivity contribution is 0.535. The maximum atomic E-state index is 6.23. The van der Waals surface area contributed by atoms with Crippen LogP contribution in [0.5, 0.6) is 0 Å². The number of hydrogen-bond donors (Lipinski definition) is 0. The van der Waals surface area contributed by atoms with Gasteiger partial charge < -0.3 is 9.32 Å². The molecule has 3 nitrogen and oxygen atoms in total. The van der Waals surface area contributed by atoms with Crippen LogP contribution in [-0.4, -0.2) is 4.98 Å². The van der Waals surface area contributed by atoms with Gasteiger partial charge in [-0.3, -0.25) is 0 Å². The second-order valence-electron chi connectivity index (χ2n) is 9.98. The van der Waals surface area contributed by atoms with Crippen molar-refractivity contribution in [2.45, 2.75) is 6.42 Å². The zero-order valence-corrected chi connectivity index (χ0v) is 21.9. The van der Waals surface area contributed by atoms with Crippen molar-refractivity contribution in [3.63, 3.8) is 0 Å². The second-order valence-corrected chi connectivity index (χ2v) is 11.1. The molecule has 39 heavy (non-hydrogen) atoms. The van der Waals surface area contributed by atoms with Crippen LogP contribution in [0.4, 0.5) is 11.4 Å². The molecule has 2 aliphatic rings. The number of hydrogen-bond acceptors (Lipinski definition) is 4. The molecule has 4 aromatic carbocycles. The van der Waals surface area contributed by atoms with Gasteiger partial charge in [-0.15, -0.1) is 11.3 Å². The van der Waals surface area contributed by atoms with E-state index in [1.54, 1.807) is 0 Å². The first-order valence-corrected chi connectivity index (χ1v) is 14.1. The summed E-state index contributed by atoms with van der Waals surface area (Å²) in [7, 11) is 0. The van der Waals surface area contributed by atoms with Gasteiger partial charge >= 0.3 is 0 Å². The van der Waals surface area contributed by atoms with Gasteiger partial charge in [0.05, 0.1) is 0 Å². The second kappa shape index (κ2) is 8.97. The molecule has 0 spiro atoms. The fourth-order valence-corrected chi connectivity index (χ4v) is 6.85. The molecule has 0 aliphatic heterocycles. The first kappa shape index (κ1) is 22.3. The summed E-state index contributed by atoms with van der Waals surface area (Å²) < 4.78 is 8.84. The van der Waals surface area contributed by atoms with E-state index in [4.69, 9.17) is 9.40 Å². The number of para-hydroxylation sites is 1. The van der Waals surface area contributed by atoms with Gasteiger partial charge in [-0.05, 0) is 72.7 Å². The van der Waals surface area contributed by atoms with E-state index < -0.39 is 0 Å². The summed E-state index contributed by atoms with van der Waals surface area (Å²) in [5, 5.41) is 3.56. The first-order valence-electron chi connectivity index (χ1n) is 13.2. The molecule has 0 amide bonds. The maximum absolute atomic E-state index is 6.23. The number of thiophene rings is 1. The van der Waals surface area contributed by atoms with Crippen LogP contribution in [-0.2, 0) is 0 Å². The molecule has 2 aromatic heterocycles. The van der Waals surface area contributed by atoms with Crippen LogP contribution in [0.25, 0.3) is 43.3 Å². The molecule has 0 bridgehead atoms. The van der Waals surface area contributed by atoms with Crippen molar-refractivity contribution in [2.24, 2.45) is 5.92 Å². The van der Waals surface area contributed by atoms with Crippen LogP contribution in [0.2, 0.25) is 0 Å². The largest absolute Gasteiger partial charge is 0.436 e. The summed E-state index contributed by atoms with van der Waals surface area (Å²) in [5.74, 6) is 0.960. The number of fused-ring (bicyclic) bond motifs is 5. The van der Waals surface area contributed by atoms with Crippen molar-refractivity contribution < 1.29 is 4.42 Å². The summed E-state index contributed by atoms with van der Waals surface area (Å²) >= 11 is 1.85. The van der Waals surface area contributed by atoms with Crippen molar-refractivity contribution in [1.82, 2.24) is 4.98 Å². The number of aromatic nitrogens is 1. The van der Waals surface area contributed by atoms with Crippen LogP contribution < -0.4 is 15.7 Å². The molecule has 0 radical (unpaired) electrons. The van der Waals surface area contributed by atoms with Crippen molar-refractivity contribution in [3.05, 3.63) is 138 Å². The minimum Gasteiger partial charge on any atom is -0.436 e. The molecule has 186 valence electrons. The summed E-state index contributed by atoms with van der Waals surface area (Å²) in [6.07, 6.45) is 9.96. The summed E-state index contributed by atoms with van der Waals surface area (Å²) in [6.45, 7) is 0. The lowest BCUT2D eigenvalue weighted by Crippen LogP contribution is -2.32. The summed E-state index contributed by atoms with van der Waals surface area (Å²) in [4.78, 5) is 7.33. The Balaban J connectivity index is 1.30. The van der Waals surface area contributed by atoms with Crippen molar-refractivity contribution in [2.75, 3.05) is 4.90 Å². The molecule has 2 heterocycles. The quantitative estimate of drug-likeness (QED) is 0.236. The summed E-state index contributed by atoms with van der Waals surface area (Å²) in [6, 6.07) is 36.2. The minimum absolute atomic E-state index is 0.290. The summed E-state index contributed by atoms with van der Waals surface area (Å²) in [5.41, 5.74) is 6.45. The third-order valence-corrected chi connectivity index (χ3v) is 8.73. The van der Waals surface area contributed by atoms with E-state index in [2.05, 4.69) is 102 Å². The Morgan fingerprint density at radius 3 is 2.41 bits per heavy atom. The van der Waals surface area contributed by atoms with Crippen LogP contribution in [0.1, 0.15) is 6.42 Å². The van der Waals surface area contributed by atoms with Gasteiger partial charge in [-0.25, -0.2) is 4.98 Å². The van der Waals surface area contributed by atoms with Crippen LogP contribution in [0, 0.1) is 5.92 Å². The molecular weight excluding hydrogens is 496 g/mol. The number of allylic oxidation sites excluding steroid dienone is 3. The van der Waals surface area contributed by atoms with Crippen LogP contribution in [0.3, 0.4) is 0 Å². The minimum atomic E-state index is 0.290. The fraction of sp³-hybridized carbons (Fsp3) is 0.0571. The zero-order valence-electron chi connectivity index (χ0n) is 21.1. The molecule has 4 heteroatoms. The van der Waals surface area contributed by atoms with Crippen molar-refractivity contribution in [3.8, 4) is 11.5 Å². The Morgan fingerprint density at radius 2 is 1.54 bits per heavy atom. The average Bonchev–Trinajstić information content (AvgIpc) is 3.60. The Hall–Kier alpha value is -4.67. The van der Waals surface area contributed by atoms with Gasteiger partial charge in [0, 0.05) is 48.7 Å². The van der Waals surface area contributed by atoms with Crippen molar-refractivity contribution >= 4 is 54.5 Å². The molecule has 0 saturated heterocycles. The maximum Gasteiger partial charge on any atom is 0.227 e. The molecule has 6 aromatic rings. The van der Waals surface area contributed by atoms with Gasteiger partial charge in [0.2, 0.25) is 5.89 Å². The van der Waals surface area contributed by atoms with Gasteiger partial charge in [0.25, 0.3) is 0 Å². The predicted octanol–water partition coefficient (Wildman–Crippen LogP) is 7.95. The Bertz CT molecular complexity index is 2050. The third kappa shape index (κ3) is 3.76. The van der Waals surface area contributed by atoms with E-state index in [1.165, 1.54) is 25.7 Å². The van der Waals surface area contributed by atoms with E-state index >= 15 is 0 Å². The molecule has 1 unspecified atom stereocenters. The van der Waals surface area contributed by atoms with E-state index in [-0.39, 0.29) is 5.92 Å². The molecule has 0 saturated carbocycles. The molecule has 2 aliphatic carbocycles. The predicted molar refractivity (Wildman–Crippen MR) is 162 cm³/mol. The van der Waals surface area contributed by atoms with E-state index in [0.717, 1.165) is 39.8 Å². The highest BCUT2D eigenvalue weighted by atomic mass is 32.1. The lowest BCUT2D eigenvalue weighted by Gasteiger charge is -2.30. The van der Waals surface area contributed by atoms with Crippen LogP contribution in [0.15, 0.2) is 131 Å². The smallest absolute Gasteiger partial charge is 0.227 e. The normalized spacial score (nSPS) is 16.1.